The summed E-state index contributed by atoms with van der Waals surface area (Å²) in [4.78, 5) is 20.0. The van der Waals surface area contributed by atoms with Gasteiger partial charge < -0.3 is 4.90 Å². The summed E-state index contributed by atoms with van der Waals surface area (Å²) in [6, 6.07) is 1.19. The van der Waals surface area contributed by atoms with Gasteiger partial charge in [0.25, 0.3) is 0 Å². The number of hydrogen-bond acceptors (Lipinski definition) is 6. The zero-order chi connectivity index (χ0) is 17.8. The second-order valence-electron chi connectivity index (χ2n) is 4.80. The Balaban J connectivity index is 0.000000442. The zero-order valence-corrected chi connectivity index (χ0v) is 13.8. The first-order chi connectivity index (χ1) is 11.6. The fourth-order valence-electron chi connectivity index (χ4n) is 1.95. The van der Waals surface area contributed by atoms with Crippen LogP contribution in [0.3, 0.4) is 0 Å². The highest BCUT2D eigenvalue weighted by Crippen LogP contribution is 2.15. The molecule has 9 heteroatoms. The van der Waals surface area contributed by atoms with Crippen LogP contribution in [0, 0.1) is 18.9 Å². The van der Waals surface area contributed by atoms with Crippen LogP contribution in [0.15, 0.2) is 18.6 Å². The molecule has 1 saturated heterocycles. The van der Waals surface area contributed by atoms with Gasteiger partial charge in [0.2, 0.25) is 11.9 Å². The molecule has 140 valence electrons. The van der Waals surface area contributed by atoms with Gasteiger partial charge in [0.05, 0.1) is 6.67 Å². The van der Waals surface area contributed by atoms with Crippen LogP contribution < -0.4 is 4.90 Å². The number of aryl methyl sites for hydroxylation is 1. The lowest BCUT2D eigenvalue weighted by Gasteiger charge is -2.26. The van der Waals surface area contributed by atoms with Gasteiger partial charge >= 0.3 is 6.08 Å². The van der Waals surface area contributed by atoms with Crippen molar-refractivity contribution in [3.05, 3.63) is 36.4 Å². The van der Waals surface area contributed by atoms with Gasteiger partial charge in [-0.25, -0.2) is 9.97 Å². The largest absolute Gasteiger partial charge is 0.341 e. The Hall–Kier alpha value is -2.32. The quantitative estimate of drug-likeness (QED) is 0.727. The molecule has 1 fully saturated rings. The zero-order valence-electron chi connectivity index (χ0n) is 13.8. The highest BCUT2D eigenvalue weighted by molar-refractivity contribution is 5.28. The number of hydrogen-bond donors (Lipinski definition) is 0. The maximum atomic E-state index is 12.9. The molecule has 25 heavy (non-hydrogen) atoms. The summed E-state index contributed by atoms with van der Waals surface area (Å²) < 4.78 is 34.9. The summed E-state index contributed by atoms with van der Waals surface area (Å²) in [6.45, 7) is 4.73. The molecule has 0 saturated carbocycles. The average Bonchev–Trinajstić information content (AvgIpc) is 2.57. The molecular formula is C16H25F3N6. The Labute approximate surface area is 146 Å². The number of rotatable bonds is 1. The fourth-order valence-corrected chi connectivity index (χ4v) is 1.95. The second kappa shape index (κ2) is 13.0. The number of anilines is 1. The van der Waals surface area contributed by atoms with Crippen LogP contribution in [0.5, 0.6) is 0 Å². The highest BCUT2D eigenvalue weighted by atomic mass is 19.1. The molecule has 0 bridgehead atoms. The first kappa shape index (κ1) is 22.7. The highest BCUT2D eigenvalue weighted by Gasteiger charge is 2.14. The lowest BCUT2D eigenvalue weighted by Crippen LogP contribution is -2.31. The molecule has 2 aromatic heterocycles. The molecule has 3 heterocycles. The number of halogens is 3. The number of aromatic nitrogens is 5. The third-order valence-electron chi connectivity index (χ3n) is 2.89. The number of alkyl halides is 1. The second-order valence-corrected chi connectivity index (χ2v) is 4.80. The summed E-state index contributed by atoms with van der Waals surface area (Å²) in [7, 11) is 0. The maximum absolute atomic E-state index is 12.9. The molecule has 0 aromatic carbocycles. The molecule has 0 amide bonds. The molecule has 0 atom stereocenters. The fraction of sp³-hybridized carbons (Fsp3) is 0.562. The van der Waals surface area contributed by atoms with Gasteiger partial charge in [-0.1, -0.05) is 7.43 Å². The summed E-state index contributed by atoms with van der Waals surface area (Å²) in [5.74, 6) is 0.433. The molecule has 0 aliphatic carbocycles. The third kappa shape index (κ3) is 9.53. The topological polar surface area (TPSA) is 67.7 Å². The van der Waals surface area contributed by atoms with Crippen molar-refractivity contribution in [1.29, 1.82) is 0 Å². The number of piperidine rings is 1. The average molecular weight is 358 g/mol. The summed E-state index contributed by atoms with van der Waals surface area (Å²) in [6.07, 6.45) is 5.33. The molecule has 2 aromatic rings. The lowest BCUT2D eigenvalue weighted by atomic mass is 10.1. The van der Waals surface area contributed by atoms with Gasteiger partial charge in [-0.05, 0) is 33.1 Å². The van der Waals surface area contributed by atoms with E-state index < -0.39 is 12.0 Å². The molecular weight excluding hydrogens is 333 g/mol. The van der Waals surface area contributed by atoms with Crippen LogP contribution in [0.1, 0.15) is 39.4 Å². The predicted octanol–water partition coefficient (Wildman–Crippen LogP) is 3.54. The van der Waals surface area contributed by atoms with Crippen molar-refractivity contribution in [1.82, 2.24) is 24.9 Å². The van der Waals surface area contributed by atoms with Crippen molar-refractivity contribution in [3.8, 4) is 0 Å². The van der Waals surface area contributed by atoms with Crippen LogP contribution >= 0.6 is 0 Å². The van der Waals surface area contributed by atoms with E-state index in [2.05, 4.69) is 24.9 Å². The van der Waals surface area contributed by atoms with Crippen LogP contribution in [-0.4, -0.2) is 44.7 Å². The Morgan fingerprint density at radius 3 is 2.16 bits per heavy atom. The minimum atomic E-state index is -0.682. The van der Waals surface area contributed by atoms with Crippen molar-refractivity contribution in [2.75, 3.05) is 24.7 Å². The minimum Gasteiger partial charge on any atom is -0.341 e. The third-order valence-corrected chi connectivity index (χ3v) is 2.89. The van der Waals surface area contributed by atoms with E-state index in [9.17, 15) is 13.2 Å². The SMILES string of the molecule is C.CCF.Cc1nc(F)nc(N2CCCCC2)n1.Fc1ccncn1. The standard InChI is InChI=1S/C9H13FN4.C4H3FN2.C2H5F.CH4/c1-7-11-8(10)13-9(12-7)14-5-3-2-4-6-14;5-4-1-2-6-3-7-4;1-2-3;/h2-6H2,1H3;1-3H;2H2,1H3;1H4. The molecule has 0 N–H and O–H groups in total. The van der Waals surface area contributed by atoms with Crippen LogP contribution in [0.2, 0.25) is 0 Å². The number of nitrogens with zero attached hydrogens (tertiary/aromatic N) is 6. The van der Waals surface area contributed by atoms with Crippen LogP contribution in [0.4, 0.5) is 19.1 Å². The van der Waals surface area contributed by atoms with E-state index in [1.807, 2.05) is 4.90 Å². The van der Waals surface area contributed by atoms with Crippen molar-refractivity contribution in [2.45, 2.75) is 40.5 Å². The van der Waals surface area contributed by atoms with Gasteiger partial charge in [-0.2, -0.15) is 23.7 Å². The molecule has 0 radical (unpaired) electrons. The molecule has 1 aliphatic rings. The van der Waals surface area contributed by atoms with Gasteiger partial charge in [0.1, 0.15) is 12.2 Å². The van der Waals surface area contributed by atoms with Crippen molar-refractivity contribution >= 4 is 5.95 Å². The molecule has 0 spiro atoms. The van der Waals surface area contributed by atoms with E-state index in [0.29, 0.717) is 11.8 Å². The Morgan fingerprint density at radius 2 is 1.72 bits per heavy atom. The van der Waals surface area contributed by atoms with Gasteiger partial charge in [0, 0.05) is 25.4 Å². The van der Waals surface area contributed by atoms with Gasteiger partial charge in [-0.15, -0.1) is 0 Å². The minimum absolute atomic E-state index is 0. The Morgan fingerprint density at radius 1 is 1.08 bits per heavy atom. The first-order valence-electron chi connectivity index (χ1n) is 7.67. The van der Waals surface area contributed by atoms with Crippen molar-refractivity contribution < 1.29 is 13.2 Å². The van der Waals surface area contributed by atoms with E-state index >= 15 is 0 Å². The lowest BCUT2D eigenvalue weighted by molar-refractivity contribution is 0.512. The molecule has 6 nitrogen and oxygen atoms in total. The Kier molecular flexibility index (Phi) is 11.8. The van der Waals surface area contributed by atoms with Crippen LogP contribution in [-0.2, 0) is 0 Å². The van der Waals surface area contributed by atoms with Crippen molar-refractivity contribution in [2.24, 2.45) is 0 Å². The summed E-state index contributed by atoms with van der Waals surface area (Å²) >= 11 is 0. The molecule has 0 unspecified atom stereocenters. The van der Waals surface area contributed by atoms with Gasteiger partial charge in [-0.3, -0.25) is 4.39 Å². The maximum Gasteiger partial charge on any atom is 0.313 e. The monoisotopic (exact) mass is 358 g/mol. The predicted molar refractivity (Wildman–Crippen MR) is 91.0 cm³/mol. The van der Waals surface area contributed by atoms with Crippen LogP contribution in [0.25, 0.3) is 0 Å². The summed E-state index contributed by atoms with van der Waals surface area (Å²) in [5, 5.41) is 0. The Bertz CT molecular complexity index is 559. The van der Waals surface area contributed by atoms with E-state index in [1.165, 1.54) is 25.6 Å². The van der Waals surface area contributed by atoms with E-state index in [-0.39, 0.29) is 14.1 Å². The van der Waals surface area contributed by atoms with E-state index in [4.69, 9.17) is 0 Å². The first-order valence-corrected chi connectivity index (χ1v) is 7.67. The molecule has 1 aliphatic heterocycles. The summed E-state index contributed by atoms with van der Waals surface area (Å²) in [5.41, 5.74) is 0. The molecule has 3 rings (SSSR count). The van der Waals surface area contributed by atoms with Crippen molar-refractivity contribution in [3.63, 3.8) is 0 Å². The van der Waals surface area contributed by atoms with E-state index in [1.54, 1.807) is 6.92 Å². The normalized spacial score (nSPS) is 12.8. The van der Waals surface area contributed by atoms with Gasteiger partial charge in [0.15, 0.2) is 0 Å². The van der Waals surface area contributed by atoms with E-state index in [0.717, 1.165) is 32.3 Å². The smallest absolute Gasteiger partial charge is 0.313 e.